The SMILES string of the molecule is C=CCOc1ccc(C(O)=C2C(=O)C(=O)N(CCCOC)C2c2ccc(OCCCCC)cc2)c(C)c1. The predicted molar refractivity (Wildman–Crippen MR) is 144 cm³/mol. The van der Waals surface area contributed by atoms with Crippen molar-refractivity contribution in [3.05, 3.63) is 77.4 Å². The van der Waals surface area contributed by atoms with Gasteiger partial charge in [-0.1, -0.05) is 44.6 Å². The summed E-state index contributed by atoms with van der Waals surface area (Å²) in [6, 6.07) is 11.9. The zero-order chi connectivity index (χ0) is 26.8. The maximum Gasteiger partial charge on any atom is 0.295 e. The van der Waals surface area contributed by atoms with Crippen molar-refractivity contribution in [3.63, 3.8) is 0 Å². The number of aliphatic hydroxyl groups is 1. The molecule has 1 N–H and O–H groups in total. The molecule has 7 heteroatoms. The van der Waals surface area contributed by atoms with Gasteiger partial charge >= 0.3 is 0 Å². The molecule has 0 aromatic heterocycles. The van der Waals surface area contributed by atoms with E-state index in [1.165, 1.54) is 4.90 Å². The van der Waals surface area contributed by atoms with E-state index in [0.717, 1.165) is 36.1 Å². The van der Waals surface area contributed by atoms with E-state index in [-0.39, 0.29) is 11.3 Å². The van der Waals surface area contributed by atoms with Gasteiger partial charge in [0.1, 0.15) is 23.9 Å². The Bertz CT molecular complexity index is 1120. The number of ketones is 1. The van der Waals surface area contributed by atoms with Crippen LogP contribution in [0.1, 0.15) is 55.3 Å². The molecule has 1 unspecified atom stereocenters. The molecule has 1 aliphatic heterocycles. The number of unbranched alkanes of at least 4 members (excludes halogenated alkanes) is 2. The predicted octanol–water partition coefficient (Wildman–Crippen LogP) is 5.59. The summed E-state index contributed by atoms with van der Waals surface area (Å²) in [4.78, 5) is 27.8. The molecule has 0 saturated carbocycles. The van der Waals surface area contributed by atoms with Crippen LogP contribution < -0.4 is 9.47 Å². The number of aryl methyl sites for hydroxylation is 1. The van der Waals surface area contributed by atoms with Crippen molar-refractivity contribution in [2.45, 2.75) is 45.6 Å². The molecule has 1 atom stereocenters. The highest BCUT2D eigenvalue weighted by Crippen LogP contribution is 2.40. The number of hydrogen-bond donors (Lipinski definition) is 1. The van der Waals surface area contributed by atoms with Crippen LogP contribution in [0, 0.1) is 6.92 Å². The smallest absolute Gasteiger partial charge is 0.295 e. The Hall–Kier alpha value is -3.58. The standard InChI is InChI=1S/C30H37NO6/c1-5-7-8-19-37-23-12-10-22(11-13-23)27-26(29(33)30(34)31(27)16-9-18-35-4)28(32)25-15-14-24(20-21(25)3)36-17-6-2/h6,10-15,20,27,32H,2,5,7-9,16-19H2,1,3-4H3. The van der Waals surface area contributed by atoms with Crippen LogP contribution in [0.2, 0.25) is 0 Å². The number of Topliss-reactive ketones (excluding diaryl/α,β-unsaturated/α-hetero) is 1. The van der Waals surface area contributed by atoms with Crippen LogP contribution in [0.5, 0.6) is 11.5 Å². The molecular formula is C30H37NO6. The Labute approximate surface area is 219 Å². The molecule has 1 amide bonds. The summed E-state index contributed by atoms with van der Waals surface area (Å²) in [6.07, 6.45) is 5.42. The van der Waals surface area contributed by atoms with Crippen molar-refractivity contribution in [3.8, 4) is 11.5 Å². The summed E-state index contributed by atoms with van der Waals surface area (Å²) < 4.78 is 16.6. The minimum absolute atomic E-state index is 0.0712. The fourth-order valence-corrected chi connectivity index (χ4v) is 4.42. The van der Waals surface area contributed by atoms with Gasteiger partial charge in [0.2, 0.25) is 0 Å². The summed E-state index contributed by atoms with van der Waals surface area (Å²) >= 11 is 0. The molecule has 1 saturated heterocycles. The van der Waals surface area contributed by atoms with Gasteiger partial charge in [-0.3, -0.25) is 9.59 Å². The quantitative estimate of drug-likeness (QED) is 0.118. The number of amides is 1. The third kappa shape index (κ3) is 6.80. The van der Waals surface area contributed by atoms with Gasteiger partial charge in [0.25, 0.3) is 11.7 Å². The third-order valence-corrected chi connectivity index (χ3v) is 6.32. The number of carbonyl (C=O) groups excluding carboxylic acids is 2. The molecule has 0 spiro atoms. The zero-order valence-corrected chi connectivity index (χ0v) is 22.0. The lowest BCUT2D eigenvalue weighted by molar-refractivity contribution is -0.140. The maximum atomic E-state index is 13.2. The Morgan fingerprint density at radius 3 is 2.41 bits per heavy atom. The molecule has 1 heterocycles. The lowest BCUT2D eigenvalue weighted by Gasteiger charge is -2.25. The van der Waals surface area contributed by atoms with Crippen LogP contribution in [-0.4, -0.2) is 55.2 Å². The number of aliphatic hydroxyl groups excluding tert-OH is 1. The highest BCUT2D eigenvalue weighted by atomic mass is 16.5. The van der Waals surface area contributed by atoms with Crippen molar-refractivity contribution in [1.82, 2.24) is 4.90 Å². The van der Waals surface area contributed by atoms with Crippen LogP contribution in [0.4, 0.5) is 0 Å². The molecule has 198 valence electrons. The number of nitrogens with zero attached hydrogens (tertiary/aromatic N) is 1. The molecule has 3 rings (SSSR count). The lowest BCUT2D eigenvalue weighted by Crippen LogP contribution is -2.31. The topological polar surface area (TPSA) is 85.3 Å². The highest BCUT2D eigenvalue weighted by molar-refractivity contribution is 6.46. The maximum absolute atomic E-state index is 13.2. The van der Waals surface area contributed by atoms with Crippen molar-refractivity contribution in [2.24, 2.45) is 0 Å². The number of carbonyl (C=O) groups is 2. The summed E-state index contributed by atoms with van der Waals surface area (Å²) in [5.41, 5.74) is 1.99. The van der Waals surface area contributed by atoms with Crippen LogP contribution in [0.25, 0.3) is 5.76 Å². The first kappa shape index (κ1) is 28.0. The van der Waals surface area contributed by atoms with Gasteiger partial charge in [0, 0.05) is 25.8 Å². The van der Waals surface area contributed by atoms with Crippen molar-refractivity contribution in [2.75, 3.05) is 33.5 Å². The fourth-order valence-electron chi connectivity index (χ4n) is 4.42. The van der Waals surface area contributed by atoms with Gasteiger partial charge in [-0.15, -0.1) is 0 Å². The number of likely N-dealkylation sites (tertiary alicyclic amines) is 1. The number of ether oxygens (including phenoxy) is 3. The molecular weight excluding hydrogens is 470 g/mol. The molecule has 0 aliphatic carbocycles. The van der Waals surface area contributed by atoms with E-state index in [1.807, 2.05) is 31.2 Å². The second kappa shape index (κ2) is 13.7. The molecule has 1 fully saturated rings. The van der Waals surface area contributed by atoms with Gasteiger partial charge in [-0.25, -0.2) is 0 Å². The average Bonchev–Trinajstić information content (AvgIpc) is 3.15. The first-order valence-electron chi connectivity index (χ1n) is 12.8. The summed E-state index contributed by atoms with van der Waals surface area (Å²) in [5, 5.41) is 11.4. The largest absolute Gasteiger partial charge is 0.507 e. The monoisotopic (exact) mass is 507 g/mol. The molecule has 0 bridgehead atoms. The normalized spacial score (nSPS) is 16.7. The zero-order valence-electron chi connectivity index (χ0n) is 22.0. The van der Waals surface area contributed by atoms with Crippen LogP contribution in [-0.2, 0) is 14.3 Å². The minimum Gasteiger partial charge on any atom is -0.507 e. The first-order valence-corrected chi connectivity index (χ1v) is 12.8. The highest BCUT2D eigenvalue weighted by Gasteiger charge is 2.45. The minimum atomic E-state index is -0.720. The Balaban J connectivity index is 1.99. The van der Waals surface area contributed by atoms with E-state index in [9.17, 15) is 14.7 Å². The Morgan fingerprint density at radius 1 is 1.03 bits per heavy atom. The molecule has 1 aliphatic rings. The third-order valence-electron chi connectivity index (χ3n) is 6.32. The lowest BCUT2D eigenvalue weighted by atomic mass is 9.93. The Kier molecular flexibility index (Phi) is 10.3. The van der Waals surface area contributed by atoms with E-state index in [0.29, 0.717) is 44.1 Å². The van der Waals surface area contributed by atoms with E-state index in [4.69, 9.17) is 14.2 Å². The van der Waals surface area contributed by atoms with E-state index in [1.54, 1.807) is 31.4 Å². The molecule has 7 nitrogen and oxygen atoms in total. The Morgan fingerprint density at radius 2 is 1.76 bits per heavy atom. The average molecular weight is 508 g/mol. The number of methoxy groups -OCH3 is 1. The summed E-state index contributed by atoms with van der Waals surface area (Å²) in [7, 11) is 1.59. The van der Waals surface area contributed by atoms with Gasteiger partial charge in [-0.2, -0.15) is 0 Å². The van der Waals surface area contributed by atoms with Crippen LogP contribution >= 0.6 is 0 Å². The van der Waals surface area contributed by atoms with Crippen LogP contribution in [0.3, 0.4) is 0 Å². The second-order valence-electron chi connectivity index (χ2n) is 9.04. The first-order chi connectivity index (χ1) is 17.9. The van der Waals surface area contributed by atoms with Crippen molar-refractivity contribution in [1.29, 1.82) is 0 Å². The van der Waals surface area contributed by atoms with Gasteiger partial charge in [-0.05, 0) is 61.2 Å². The van der Waals surface area contributed by atoms with Crippen LogP contribution in [0.15, 0.2) is 60.7 Å². The summed E-state index contributed by atoms with van der Waals surface area (Å²) in [6.45, 7) is 9.38. The van der Waals surface area contributed by atoms with Crippen molar-refractivity contribution >= 4 is 17.4 Å². The molecule has 2 aromatic rings. The molecule has 0 radical (unpaired) electrons. The molecule has 2 aromatic carbocycles. The number of rotatable bonds is 14. The number of hydrogen-bond acceptors (Lipinski definition) is 6. The van der Waals surface area contributed by atoms with Gasteiger partial charge in [0.05, 0.1) is 18.2 Å². The van der Waals surface area contributed by atoms with E-state index >= 15 is 0 Å². The molecule has 37 heavy (non-hydrogen) atoms. The number of benzene rings is 2. The second-order valence-corrected chi connectivity index (χ2v) is 9.04. The fraction of sp³-hybridized carbons (Fsp3) is 0.400. The van der Waals surface area contributed by atoms with Crippen molar-refractivity contribution < 1.29 is 28.9 Å². The van der Waals surface area contributed by atoms with Gasteiger partial charge in [0.15, 0.2) is 0 Å². The van der Waals surface area contributed by atoms with E-state index in [2.05, 4.69) is 13.5 Å². The van der Waals surface area contributed by atoms with E-state index < -0.39 is 17.7 Å². The summed E-state index contributed by atoms with van der Waals surface area (Å²) in [5.74, 6) is -0.190. The van der Waals surface area contributed by atoms with Gasteiger partial charge < -0.3 is 24.2 Å².